The Labute approximate surface area is 55.0 Å². The maximum Gasteiger partial charge on any atom is 0.411 e. The van der Waals surface area contributed by atoms with Crippen LogP contribution in [0.3, 0.4) is 0 Å². The Bertz CT molecular complexity index is 92.2. The number of hydrogen-bond donors (Lipinski definition) is 2. The van der Waals surface area contributed by atoms with E-state index in [9.17, 15) is 13.2 Å². The van der Waals surface area contributed by atoms with Gasteiger partial charge in [-0.25, -0.2) is 0 Å². The summed E-state index contributed by atoms with van der Waals surface area (Å²) in [5, 5.41) is 16.2. The van der Waals surface area contributed by atoms with Crippen molar-refractivity contribution in [3.63, 3.8) is 0 Å². The molecule has 0 aromatic heterocycles. The molecule has 0 aromatic rings. The highest BCUT2D eigenvalue weighted by atomic mass is 19.4. The second kappa shape index (κ2) is 3.75. The van der Waals surface area contributed by atoms with Gasteiger partial charge < -0.3 is 14.9 Å². The lowest BCUT2D eigenvalue weighted by molar-refractivity contribution is -0.223. The van der Waals surface area contributed by atoms with Gasteiger partial charge in [0.25, 0.3) is 0 Å². The molecule has 6 heteroatoms. The molecule has 0 heterocycles. The van der Waals surface area contributed by atoms with E-state index in [4.69, 9.17) is 10.2 Å². The van der Waals surface area contributed by atoms with E-state index >= 15 is 0 Å². The summed E-state index contributed by atoms with van der Waals surface area (Å²) in [7, 11) is 0. The molecule has 0 spiro atoms. The molecule has 1 atom stereocenters. The van der Waals surface area contributed by atoms with Gasteiger partial charge in [-0.2, -0.15) is 13.2 Å². The van der Waals surface area contributed by atoms with Crippen LogP contribution in [-0.4, -0.2) is 35.9 Å². The van der Waals surface area contributed by atoms with Gasteiger partial charge in [-0.15, -0.1) is 0 Å². The molecule has 0 amide bonds. The maximum atomic E-state index is 11.2. The molecule has 2 N–H and O–H groups in total. The minimum Gasteiger partial charge on any atom is -0.391 e. The highest BCUT2D eigenvalue weighted by molar-refractivity contribution is 4.46. The van der Waals surface area contributed by atoms with E-state index in [1.165, 1.54) is 0 Å². The van der Waals surface area contributed by atoms with Gasteiger partial charge in [0.15, 0.2) is 6.29 Å². The summed E-state index contributed by atoms with van der Waals surface area (Å²) in [4.78, 5) is 0. The van der Waals surface area contributed by atoms with Crippen molar-refractivity contribution in [3.05, 3.63) is 0 Å². The minimum atomic E-state index is -4.46. The second-order valence-electron chi connectivity index (χ2n) is 1.56. The first kappa shape index (κ1) is 9.67. The fourth-order valence-corrected chi connectivity index (χ4v) is 0.243. The molecular weight excluding hydrogens is 153 g/mol. The summed E-state index contributed by atoms with van der Waals surface area (Å²) in [6.07, 6.45) is -6.21. The Morgan fingerprint density at radius 3 is 2.20 bits per heavy atom. The normalized spacial score (nSPS) is 15.3. The van der Waals surface area contributed by atoms with Gasteiger partial charge in [0.05, 0.1) is 6.61 Å². The first-order valence-electron chi connectivity index (χ1n) is 2.43. The molecule has 0 aliphatic heterocycles. The van der Waals surface area contributed by atoms with Crippen LogP contribution < -0.4 is 0 Å². The summed E-state index contributed by atoms with van der Waals surface area (Å²) in [5.41, 5.74) is 0. The van der Waals surface area contributed by atoms with E-state index in [0.717, 1.165) is 0 Å². The largest absolute Gasteiger partial charge is 0.411 e. The molecule has 62 valence electrons. The van der Waals surface area contributed by atoms with Crippen LogP contribution in [0.1, 0.15) is 0 Å². The van der Waals surface area contributed by atoms with Crippen LogP contribution in [0, 0.1) is 0 Å². The van der Waals surface area contributed by atoms with Gasteiger partial charge in [-0.1, -0.05) is 0 Å². The molecule has 1 unspecified atom stereocenters. The molecule has 0 fully saturated rings. The van der Waals surface area contributed by atoms with Crippen LogP contribution in [0.4, 0.5) is 13.2 Å². The van der Waals surface area contributed by atoms with Crippen molar-refractivity contribution in [3.8, 4) is 0 Å². The smallest absolute Gasteiger partial charge is 0.391 e. The van der Waals surface area contributed by atoms with Crippen molar-refractivity contribution in [1.29, 1.82) is 0 Å². The number of aliphatic hydroxyl groups is 2. The van der Waals surface area contributed by atoms with Gasteiger partial charge in [0, 0.05) is 0 Å². The number of rotatable bonds is 3. The van der Waals surface area contributed by atoms with Crippen molar-refractivity contribution >= 4 is 0 Å². The molecule has 10 heavy (non-hydrogen) atoms. The first-order valence-corrected chi connectivity index (χ1v) is 2.43. The number of ether oxygens (including phenoxy) is 1. The summed E-state index contributed by atoms with van der Waals surface area (Å²) in [6.45, 7) is -2.38. The third kappa shape index (κ3) is 5.80. The summed E-state index contributed by atoms with van der Waals surface area (Å²) in [5.74, 6) is 0. The van der Waals surface area contributed by atoms with Crippen molar-refractivity contribution in [1.82, 2.24) is 0 Å². The van der Waals surface area contributed by atoms with Crippen LogP contribution in [0.2, 0.25) is 0 Å². The van der Waals surface area contributed by atoms with E-state index in [0.29, 0.717) is 0 Å². The van der Waals surface area contributed by atoms with Gasteiger partial charge in [-0.3, -0.25) is 0 Å². The summed E-state index contributed by atoms with van der Waals surface area (Å²) in [6, 6.07) is 0. The Morgan fingerprint density at radius 1 is 1.40 bits per heavy atom. The topological polar surface area (TPSA) is 49.7 Å². The number of aliphatic hydroxyl groups excluding tert-OH is 2. The number of hydrogen-bond acceptors (Lipinski definition) is 3. The standard InChI is InChI=1S/C4H7F3O3/c5-4(6,7)2-10-3(9)1-8/h3,8-9H,1-2H2. The fourth-order valence-electron chi connectivity index (χ4n) is 0.243. The van der Waals surface area contributed by atoms with Gasteiger partial charge in [0.2, 0.25) is 0 Å². The molecule has 0 aliphatic carbocycles. The number of alkyl halides is 3. The highest BCUT2D eigenvalue weighted by Gasteiger charge is 2.28. The third-order valence-corrected chi connectivity index (χ3v) is 0.596. The van der Waals surface area contributed by atoms with Gasteiger partial charge >= 0.3 is 6.18 Å². The minimum absolute atomic E-state index is 0.837. The Balaban J connectivity index is 3.36. The molecule has 0 bridgehead atoms. The lowest BCUT2D eigenvalue weighted by Crippen LogP contribution is -2.25. The van der Waals surface area contributed by atoms with Crippen molar-refractivity contribution in [2.75, 3.05) is 13.2 Å². The highest BCUT2D eigenvalue weighted by Crippen LogP contribution is 2.14. The molecule has 0 radical (unpaired) electrons. The predicted octanol–water partition coefficient (Wildman–Crippen LogP) is -0.124. The van der Waals surface area contributed by atoms with Gasteiger partial charge in [0.1, 0.15) is 6.61 Å². The van der Waals surface area contributed by atoms with E-state index in [1.807, 2.05) is 0 Å². The van der Waals surface area contributed by atoms with Crippen LogP contribution in [0.25, 0.3) is 0 Å². The Hall–Kier alpha value is -0.330. The molecule has 0 saturated carbocycles. The fraction of sp³-hybridized carbons (Fsp3) is 1.00. The lowest BCUT2D eigenvalue weighted by Gasteiger charge is -2.10. The zero-order valence-electron chi connectivity index (χ0n) is 4.93. The monoisotopic (exact) mass is 160 g/mol. The Kier molecular flexibility index (Phi) is 3.62. The number of halogens is 3. The molecule has 3 nitrogen and oxygen atoms in total. The van der Waals surface area contributed by atoms with E-state index in [1.54, 1.807) is 0 Å². The SMILES string of the molecule is OCC(O)OCC(F)(F)F. The zero-order valence-corrected chi connectivity index (χ0v) is 4.93. The van der Waals surface area contributed by atoms with E-state index in [2.05, 4.69) is 4.74 Å². The molecule has 0 saturated heterocycles. The predicted molar refractivity (Wildman–Crippen MR) is 25.1 cm³/mol. The van der Waals surface area contributed by atoms with E-state index in [-0.39, 0.29) is 0 Å². The zero-order chi connectivity index (χ0) is 8.20. The van der Waals surface area contributed by atoms with E-state index < -0.39 is 25.7 Å². The summed E-state index contributed by atoms with van der Waals surface area (Å²) >= 11 is 0. The average Bonchev–Trinajstić information content (AvgIpc) is 1.81. The first-order chi connectivity index (χ1) is 4.45. The van der Waals surface area contributed by atoms with Crippen molar-refractivity contribution < 1.29 is 28.1 Å². The summed E-state index contributed by atoms with van der Waals surface area (Å²) < 4.78 is 37.4. The van der Waals surface area contributed by atoms with Crippen molar-refractivity contribution in [2.24, 2.45) is 0 Å². The molecule has 0 rings (SSSR count). The van der Waals surface area contributed by atoms with Crippen LogP contribution >= 0.6 is 0 Å². The second-order valence-corrected chi connectivity index (χ2v) is 1.56. The molecule has 0 aromatic carbocycles. The Morgan fingerprint density at radius 2 is 1.90 bits per heavy atom. The molecule has 0 aliphatic rings. The average molecular weight is 160 g/mol. The quantitative estimate of drug-likeness (QED) is 0.565. The lowest BCUT2D eigenvalue weighted by atomic mass is 10.6. The van der Waals surface area contributed by atoms with Crippen molar-refractivity contribution in [2.45, 2.75) is 12.5 Å². The van der Waals surface area contributed by atoms with Gasteiger partial charge in [-0.05, 0) is 0 Å². The molecular formula is C4H7F3O3. The van der Waals surface area contributed by atoms with Crippen LogP contribution in [-0.2, 0) is 4.74 Å². The third-order valence-electron chi connectivity index (χ3n) is 0.596. The van der Waals surface area contributed by atoms with Crippen LogP contribution in [0.15, 0.2) is 0 Å². The van der Waals surface area contributed by atoms with Crippen LogP contribution in [0.5, 0.6) is 0 Å². The maximum absolute atomic E-state index is 11.2.